The lowest BCUT2D eigenvalue weighted by Gasteiger charge is -2.00. The molecule has 0 unspecified atom stereocenters. The Bertz CT molecular complexity index is 776. The molecule has 0 atom stereocenters. The number of hydrogen-bond donors (Lipinski definition) is 0. The van der Waals surface area contributed by atoms with Crippen LogP contribution in [0.2, 0.25) is 0 Å². The topological polar surface area (TPSA) is 21.6 Å². The zero-order valence-corrected chi connectivity index (χ0v) is 14.9. The maximum absolute atomic E-state index is 5.56. The van der Waals surface area contributed by atoms with Gasteiger partial charge in [0.05, 0.1) is 17.7 Å². The van der Waals surface area contributed by atoms with Gasteiger partial charge in [0, 0.05) is 21.5 Å². The van der Waals surface area contributed by atoms with Gasteiger partial charge < -0.3 is 4.74 Å². The summed E-state index contributed by atoms with van der Waals surface area (Å²) in [5, 5.41) is 2.10. The van der Waals surface area contributed by atoms with Gasteiger partial charge in [-0.15, -0.1) is 22.7 Å². The number of allylic oxidation sites excluding steroid dienone is 2. The quantitative estimate of drug-likeness (QED) is 0.671. The molecule has 0 amide bonds. The summed E-state index contributed by atoms with van der Waals surface area (Å²) in [7, 11) is 1.73. The van der Waals surface area contributed by atoms with Crippen LogP contribution in [0.3, 0.4) is 0 Å². The Morgan fingerprint density at radius 1 is 1.27 bits per heavy atom. The van der Waals surface area contributed by atoms with Gasteiger partial charge in [0.15, 0.2) is 0 Å². The van der Waals surface area contributed by atoms with Crippen LogP contribution < -0.4 is 4.74 Å². The minimum absolute atomic E-state index is 0.923. The van der Waals surface area contributed by atoms with E-state index < -0.39 is 0 Å². The number of rotatable bonds is 4. The molecular weight excluding hydrogens is 310 g/mol. The fourth-order valence-corrected chi connectivity index (χ4v) is 4.62. The van der Waals surface area contributed by atoms with Crippen molar-refractivity contribution in [1.82, 2.24) is 0 Å². The van der Waals surface area contributed by atoms with E-state index >= 15 is 0 Å². The van der Waals surface area contributed by atoms with E-state index in [9.17, 15) is 0 Å². The predicted molar refractivity (Wildman–Crippen MR) is 98.3 cm³/mol. The fraction of sp³-hybridized carbons (Fsp3) is 0.278. The van der Waals surface area contributed by atoms with Crippen molar-refractivity contribution in [1.29, 1.82) is 0 Å². The first kappa shape index (κ1) is 15.3. The Hall–Kier alpha value is -1.65. The summed E-state index contributed by atoms with van der Waals surface area (Å²) in [5.41, 5.74) is 4.85. The highest BCUT2D eigenvalue weighted by Crippen LogP contribution is 2.40. The standard InChI is InChI=1S/C18H19NOS2/c1-5-13-11(2)14(19-12(13)3)9-17-15(20-4)10-18(22-17)16-7-6-8-21-16/h6-10H,5H2,1-4H3/b14-9-. The van der Waals surface area contributed by atoms with Gasteiger partial charge in [0.2, 0.25) is 0 Å². The maximum atomic E-state index is 5.56. The molecule has 0 spiro atoms. The third-order valence-corrected chi connectivity index (χ3v) is 6.02. The Balaban J connectivity index is 2.03. The smallest absolute Gasteiger partial charge is 0.137 e. The van der Waals surface area contributed by atoms with Gasteiger partial charge in [0.1, 0.15) is 5.75 Å². The van der Waals surface area contributed by atoms with Crippen LogP contribution in [0.25, 0.3) is 15.8 Å². The van der Waals surface area contributed by atoms with E-state index in [4.69, 9.17) is 9.73 Å². The summed E-state index contributed by atoms with van der Waals surface area (Å²) in [6.07, 6.45) is 3.18. The molecule has 2 nitrogen and oxygen atoms in total. The van der Waals surface area contributed by atoms with E-state index in [0.29, 0.717) is 0 Å². The predicted octanol–water partition coefficient (Wildman–Crippen LogP) is 6.03. The first-order valence-corrected chi connectivity index (χ1v) is 9.02. The molecule has 0 aliphatic carbocycles. The average molecular weight is 329 g/mol. The van der Waals surface area contributed by atoms with Crippen molar-refractivity contribution in [2.75, 3.05) is 7.11 Å². The summed E-state index contributed by atoms with van der Waals surface area (Å²) >= 11 is 3.51. The number of nitrogens with zero attached hydrogens (tertiary/aromatic N) is 1. The van der Waals surface area contributed by atoms with Crippen LogP contribution in [-0.2, 0) is 0 Å². The van der Waals surface area contributed by atoms with Crippen LogP contribution in [0.1, 0.15) is 32.1 Å². The summed E-state index contributed by atoms with van der Waals surface area (Å²) in [6, 6.07) is 6.34. The van der Waals surface area contributed by atoms with E-state index in [2.05, 4.69) is 50.4 Å². The van der Waals surface area contributed by atoms with Crippen molar-refractivity contribution in [2.45, 2.75) is 27.2 Å². The molecule has 0 aromatic carbocycles. The molecule has 1 aliphatic heterocycles. The first-order chi connectivity index (χ1) is 10.6. The molecule has 3 rings (SSSR count). The molecule has 0 saturated carbocycles. The van der Waals surface area contributed by atoms with Gasteiger partial charge in [-0.1, -0.05) is 13.0 Å². The van der Waals surface area contributed by atoms with Crippen molar-refractivity contribution < 1.29 is 4.74 Å². The SMILES string of the molecule is CCC1=C(C)/C(=C/c2sc(-c3cccs3)cc2OC)N=C1C. The van der Waals surface area contributed by atoms with Crippen molar-refractivity contribution in [3.63, 3.8) is 0 Å². The van der Waals surface area contributed by atoms with Crippen LogP contribution >= 0.6 is 22.7 Å². The van der Waals surface area contributed by atoms with Gasteiger partial charge in [-0.3, -0.25) is 4.99 Å². The van der Waals surface area contributed by atoms with Crippen LogP contribution in [0.15, 0.2) is 45.4 Å². The Morgan fingerprint density at radius 3 is 2.68 bits per heavy atom. The monoisotopic (exact) mass is 329 g/mol. The minimum atomic E-state index is 0.923. The van der Waals surface area contributed by atoms with Gasteiger partial charge in [0.25, 0.3) is 0 Å². The Labute approximate surface area is 139 Å². The normalized spacial score (nSPS) is 16.5. The highest BCUT2D eigenvalue weighted by molar-refractivity contribution is 7.22. The van der Waals surface area contributed by atoms with Crippen LogP contribution in [0.4, 0.5) is 0 Å². The molecule has 0 N–H and O–H groups in total. The molecule has 2 aromatic rings. The number of hydrogen-bond acceptors (Lipinski definition) is 4. The molecule has 0 saturated heterocycles. The molecule has 0 bridgehead atoms. The number of ether oxygens (including phenoxy) is 1. The zero-order valence-electron chi connectivity index (χ0n) is 13.3. The lowest BCUT2D eigenvalue weighted by Crippen LogP contribution is -1.91. The van der Waals surface area contributed by atoms with Crippen LogP contribution in [0.5, 0.6) is 5.75 Å². The Kier molecular flexibility index (Phi) is 4.32. The van der Waals surface area contributed by atoms with E-state index in [1.54, 1.807) is 29.8 Å². The third kappa shape index (κ3) is 2.69. The maximum Gasteiger partial charge on any atom is 0.137 e. The van der Waals surface area contributed by atoms with Crippen LogP contribution in [0, 0.1) is 0 Å². The van der Waals surface area contributed by atoms with E-state index in [0.717, 1.165) is 28.5 Å². The molecular formula is C18H19NOS2. The Morgan fingerprint density at radius 2 is 2.09 bits per heavy atom. The number of thiophene rings is 2. The molecule has 3 heterocycles. The summed E-state index contributed by atoms with van der Waals surface area (Å²) in [6.45, 7) is 6.43. The average Bonchev–Trinajstić information content (AvgIpc) is 3.20. The molecule has 0 radical (unpaired) electrons. The molecule has 0 fully saturated rings. The molecule has 22 heavy (non-hydrogen) atoms. The van der Waals surface area contributed by atoms with Gasteiger partial charge in [-0.05, 0) is 48.9 Å². The molecule has 4 heteroatoms. The summed E-state index contributed by atoms with van der Waals surface area (Å²) < 4.78 is 5.56. The van der Waals surface area contributed by atoms with Crippen molar-refractivity contribution in [3.8, 4) is 15.5 Å². The van der Waals surface area contributed by atoms with Crippen molar-refractivity contribution >= 4 is 34.5 Å². The van der Waals surface area contributed by atoms with Crippen molar-refractivity contribution in [2.24, 2.45) is 4.99 Å². The van der Waals surface area contributed by atoms with E-state index in [1.807, 2.05) is 0 Å². The molecule has 114 valence electrons. The molecule has 1 aliphatic rings. The first-order valence-electron chi connectivity index (χ1n) is 7.33. The summed E-state index contributed by atoms with van der Waals surface area (Å²) in [5.74, 6) is 0.923. The molecule has 2 aromatic heterocycles. The van der Waals surface area contributed by atoms with E-state index in [1.165, 1.54) is 20.9 Å². The van der Waals surface area contributed by atoms with Gasteiger partial charge >= 0.3 is 0 Å². The number of aliphatic imine (C=N–C) groups is 1. The van der Waals surface area contributed by atoms with Crippen molar-refractivity contribution in [3.05, 3.63) is 45.3 Å². The second kappa shape index (κ2) is 6.23. The zero-order chi connectivity index (χ0) is 15.7. The lowest BCUT2D eigenvalue weighted by molar-refractivity contribution is 0.416. The minimum Gasteiger partial charge on any atom is -0.495 e. The second-order valence-electron chi connectivity index (χ2n) is 5.20. The summed E-state index contributed by atoms with van der Waals surface area (Å²) in [4.78, 5) is 8.38. The highest BCUT2D eigenvalue weighted by atomic mass is 32.1. The van der Waals surface area contributed by atoms with E-state index in [-0.39, 0.29) is 0 Å². The highest BCUT2D eigenvalue weighted by Gasteiger charge is 2.18. The number of methoxy groups -OCH3 is 1. The second-order valence-corrected chi connectivity index (χ2v) is 7.24. The van der Waals surface area contributed by atoms with Crippen LogP contribution in [-0.4, -0.2) is 12.8 Å². The fourth-order valence-electron chi connectivity index (χ4n) is 2.73. The largest absolute Gasteiger partial charge is 0.495 e. The van der Waals surface area contributed by atoms with Gasteiger partial charge in [-0.2, -0.15) is 0 Å². The third-order valence-electron chi connectivity index (χ3n) is 3.89. The van der Waals surface area contributed by atoms with Gasteiger partial charge in [-0.25, -0.2) is 0 Å². The lowest BCUT2D eigenvalue weighted by atomic mass is 10.0.